The van der Waals surface area contributed by atoms with Crippen LogP contribution in [-0.4, -0.2) is 35.0 Å². The van der Waals surface area contributed by atoms with Crippen molar-refractivity contribution >= 4 is 44.8 Å². The molecule has 0 spiro atoms. The van der Waals surface area contributed by atoms with Crippen molar-refractivity contribution in [1.29, 1.82) is 0 Å². The van der Waals surface area contributed by atoms with E-state index in [0.29, 0.717) is 5.82 Å². The second-order valence-corrected chi connectivity index (χ2v) is 6.90. The predicted molar refractivity (Wildman–Crippen MR) is 92.6 cm³/mol. The van der Waals surface area contributed by atoms with Crippen LogP contribution in [0.4, 0.5) is 11.5 Å². The summed E-state index contributed by atoms with van der Waals surface area (Å²) in [5.74, 6) is 0.503. The highest BCUT2D eigenvalue weighted by atomic mass is 32.1. The fourth-order valence-corrected chi connectivity index (χ4v) is 4.21. The molecule has 0 aromatic carbocycles. The Morgan fingerprint density at radius 2 is 2.23 bits per heavy atom. The first kappa shape index (κ1) is 13.7. The minimum atomic E-state index is -0.283. The first-order chi connectivity index (χ1) is 10.7. The highest BCUT2D eigenvalue weighted by molar-refractivity contribution is 7.20. The lowest BCUT2D eigenvalue weighted by atomic mass is 10.2. The molecule has 0 bridgehead atoms. The Balaban J connectivity index is 1.73. The molecule has 2 aromatic rings. The summed E-state index contributed by atoms with van der Waals surface area (Å²) in [6.45, 7) is 0.729. The third-order valence-electron chi connectivity index (χ3n) is 4.28. The molecule has 5 nitrogen and oxygen atoms in total. The van der Waals surface area contributed by atoms with Crippen LogP contribution in [0.5, 0.6) is 0 Å². The number of allylic oxidation sites excluding steroid dienone is 1. The number of fused-ring (bicyclic) bond motifs is 1. The molecule has 2 atom stereocenters. The molecule has 1 fully saturated rings. The first-order valence-electron chi connectivity index (χ1n) is 7.55. The maximum absolute atomic E-state index is 10.0. The Kier molecular flexibility index (Phi) is 3.35. The molecular formula is C16H18N4OS. The summed E-state index contributed by atoms with van der Waals surface area (Å²) in [4.78, 5) is 9.86. The lowest BCUT2D eigenvalue weighted by Gasteiger charge is -2.18. The molecular weight excluding hydrogens is 296 g/mol. The SMILES string of the molecule is Nc1cc(N[C@@H]2CCC[C@@H]2O)c2sc(C3=CC=NC3)cc2n1. The zero-order chi connectivity index (χ0) is 15.1. The van der Waals surface area contributed by atoms with Crippen molar-refractivity contribution < 1.29 is 5.11 Å². The maximum atomic E-state index is 10.0. The molecule has 2 aliphatic rings. The van der Waals surface area contributed by atoms with Gasteiger partial charge in [-0.1, -0.05) is 0 Å². The maximum Gasteiger partial charge on any atom is 0.126 e. The molecule has 4 N–H and O–H groups in total. The number of thiophene rings is 1. The molecule has 0 saturated heterocycles. The third kappa shape index (κ3) is 2.38. The highest BCUT2D eigenvalue weighted by Gasteiger charge is 2.26. The smallest absolute Gasteiger partial charge is 0.126 e. The Morgan fingerprint density at radius 1 is 1.32 bits per heavy atom. The number of nitrogens with zero attached hydrogens (tertiary/aromatic N) is 2. The Labute approximate surface area is 132 Å². The van der Waals surface area contributed by atoms with Crippen molar-refractivity contribution in [2.45, 2.75) is 31.4 Å². The van der Waals surface area contributed by atoms with Crippen molar-refractivity contribution in [3.05, 3.63) is 23.1 Å². The standard InChI is InChI=1S/C16H18N4OS/c17-15-7-12(19-10-2-1-3-13(10)21)16-11(20-15)6-14(22-16)9-4-5-18-8-9/h4-7,10,13,21H,1-3,8H2,(H3,17,19,20)/t10-,13+/m1/s1. The zero-order valence-corrected chi connectivity index (χ0v) is 12.9. The lowest BCUT2D eigenvalue weighted by Crippen LogP contribution is -2.27. The number of hydrogen-bond acceptors (Lipinski definition) is 6. The summed E-state index contributed by atoms with van der Waals surface area (Å²) in [5.41, 5.74) is 9.05. The normalized spacial score (nSPS) is 24.1. The average Bonchev–Trinajstić information content (AvgIpc) is 3.19. The van der Waals surface area contributed by atoms with Crippen LogP contribution in [0.15, 0.2) is 23.2 Å². The van der Waals surface area contributed by atoms with Crippen LogP contribution < -0.4 is 11.1 Å². The van der Waals surface area contributed by atoms with E-state index in [1.54, 1.807) is 11.3 Å². The summed E-state index contributed by atoms with van der Waals surface area (Å²) in [7, 11) is 0. The average molecular weight is 314 g/mol. The molecule has 114 valence electrons. The van der Waals surface area contributed by atoms with Gasteiger partial charge in [0.1, 0.15) is 5.82 Å². The number of anilines is 2. The van der Waals surface area contributed by atoms with Crippen LogP contribution in [0.2, 0.25) is 0 Å². The summed E-state index contributed by atoms with van der Waals surface area (Å²) < 4.78 is 1.09. The van der Waals surface area contributed by atoms with Gasteiger partial charge in [-0.25, -0.2) is 4.98 Å². The molecule has 22 heavy (non-hydrogen) atoms. The molecule has 0 amide bonds. The van der Waals surface area contributed by atoms with Crippen molar-refractivity contribution in [2.75, 3.05) is 17.6 Å². The van der Waals surface area contributed by atoms with E-state index in [4.69, 9.17) is 5.73 Å². The van der Waals surface area contributed by atoms with Gasteiger partial charge < -0.3 is 16.2 Å². The molecule has 2 aromatic heterocycles. The number of nitrogen functional groups attached to an aromatic ring is 1. The van der Waals surface area contributed by atoms with Crippen LogP contribution in [-0.2, 0) is 0 Å². The summed E-state index contributed by atoms with van der Waals surface area (Å²) >= 11 is 1.70. The number of aromatic nitrogens is 1. The van der Waals surface area contributed by atoms with Crippen molar-refractivity contribution in [1.82, 2.24) is 4.98 Å². The van der Waals surface area contributed by atoms with E-state index >= 15 is 0 Å². The number of aliphatic hydroxyl groups excluding tert-OH is 1. The topological polar surface area (TPSA) is 83.5 Å². The molecule has 4 rings (SSSR count). The van der Waals surface area contributed by atoms with Crippen LogP contribution in [0.25, 0.3) is 15.8 Å². The molecule has 1 saturated carbocycles. The number of nitrogens with two attached hydrogens (primary N) is 1. The number of pyridine rings is 1. The monoisotopic (exact) mass is 314 g/mol. The predicted octanol–water partition coefficient (Wildman–Crippen LogP) is 2.67. The highest BCUT2D eigenvalue weighted by Crippen LogP contribution is 2.37. The van der Waals surface area contributed by atoms with E-state index in [2.05, 4.69) is 21.4 Å². The second-order valence-electron chi connectivity index (χ2n) is 5.85. The van der Waals surface area contributed by atoms with E-state index in [0.717, 1.165) is 41.7 Å². The van der Waals surface area contributed by atoms with Gasteiger partial charge in [-0.2, -0.15) is 0 Å². The Hall–Kier alpha value is -1.92. The number of hydrogen-bond donors (Lipinski definition) is 3. The quantitative estimate of drug-likeness (QED) is 0.813. The van der Waals surface area contributed by atoms with Crippen LogP contribution in [0.3, 0.4) is 0 Å². The number of aliphatic imine (C=N–C) groups is 1. The van der Waals surface area contributed by atoms with Gasteiger partial charge in [0.05, 0.1) is 34.6 Å². The van der Waals surface area contributed by atoms with Crippen LogP contribution in [0.1, 0.15) is 24.1 Å². The second kappa shape index (κ2) is 5.37. The summed E-state index contributed by atoms with van der Waals surface area (Å²) in [5, 5.41) is 13.5. The van der Waals surface area contributed by atoms with Gasteiger partial charge in [0.15, 0.2) is 0 Å². The van der Waals surface area contributed by atoms with E-state index < -0.39 is 0 Å². The van der Waals surface area contributed by atoms with Crippen LogP contribution >= 0.6 is 11.3 Å². The van der Waals surface area contributed by atoms with E-state index in [1.165, 1.54) is 10.5 Å². The first-order valence-corrected chi connectivity index (χ1v) is 8.36. The fraction of sp³-hybridized carbons (Fsp3) is 0.375. The van der Waals surface area contributed by atoms with Gasteiger partial charge in [-0.3, -0.25) is 4.99 Å². The Morgan fingerprint density at radius 3 is 2.95 bits per heavy atom. The van der Waals surface area contributed by atoms with Gasteiger partial charge in [0.25, 0.3) is 0 Å². The molecule has 3 heterocycles. The van der Waals surface area contributed by atoms with Crippen molar-refractivity contribution in [3.63, 3.8) is 0 Å². The molecule has 0 unspecified atom stereocenters. The van der Waals surface area contributed by atoms with Gasteiger partial charge in [-0.15, -0.1) is 11.3 Å². The summed E-state index contributed by atoms with van der Waals surface area (Å²) in [6, 6.07) is 4.05. The number of aliphatic hydroxyl groups is 1. The molecule has 6 heteroatoms. The lowest BCUT2D eigenvalue weighted by molar-refractivity contribution is 0.172. The number of rotatable bonds is 3. The van der Waals surface area contributed by atoms with Gasteiger partial charge >= 0.3 is 0 Å². The van der Waals surface area contributed by atoms with E-state index in [1.807, 2.05) is 18.4 Å². The van der Waals surface area contributed by atoms with E-state index in [9.17, 15) is 5.11 Å². The molecule has 1 aliphatic heterocycles. The van der Waals surface area contributed by atoms with Crippen molar-refractivity contribution in [3.8, 4) is 0 Å². The Bertz CT molecular complexity index is 780. The third-order valence-corrected chi connectivity index (χ3v) is 5.51. The molecule has 0 radical (unpaired) electrons. The number of nitrogens with one attached hydrogen (secondary N) is 1. The van der Waals surface area contributed by atoms with Crippen molar-refractivity contribution in [2.24, 2.45) is 4.99 Å². The van der Waals surface area contributed by atoms with Gasteiger partial charge in [-0.05, 0) is 37.0 Å². The zero-order valence-electron chi connectivity index (χ0n) is 12.1. The largest absolute Gasteiger partial charge is 0.391 e. The molecule has 1 aliphatic carbocycles. The van der Waals surface area contributed by atoms with Gasteiger partial charge in [0.2, 0.25) is 0 Å². The van der Waals surface area contributed by atoms with Crippen LogP contribution in [0, 0.1) is 0 Å². The van der Waals surface area contributed by atoms with Gasteiger partial charge in [0, 0.05) is 17.2 Å². The summed E-state index contributed by atoms with van der Waals surface area (Å²) in [6.07, 6.45) is 6.51. The minimum Gasteiger partial charge on any atom is -0.391 e. The fourth-order valence-electron chi connectivity index (χ4n) is 3.12. The minimum absolute atomic E-state index is 0.101. The van der Waals surface area contributed by atoms with E-state index in [-0.39, 0.29) is 12.1 Å².